The summed E-state index contributed by atoms with van der Waals surface area (Å²) in [6, 6.07) is 0. The number of nitro groups is 1. The Hall–Kier alpha value is -1.93. The zero-order chi connectivity index (χ0) is 13.2. The van der Waals surface area contributed by atoms with Gasteiger partial charge in [0.2, 0.25) is 0 Å². The molecule has 0 aliphatic carbocycles. The molecule has 0 fully saturated rings. The van der Waals surface area contributed by atoms with Crippen molar-refractivity contribution in [3.05, 3.63) is 27.4 Å². The first-order valence-electron chi connectivity index (χ1n) is 4.21. The van der Waals surface area contributed by atoms with Crippen molar-refractivity contribution in [1.29, 1.82) is 0 Å². The summed E-state index contributed by atoms with van der Waals surface area (Å²) in [5.41, 5.74) is -1.39. The van der Waals surface area contributed by atoms with E-state index in [9.17, 15) is 27.7 Å². The fraction of sp³-hybridized carbons (Fsp3) is 0.375. The maximum atomic E-state index is 12.4. The van der Waals surface area contributed by atoms with E-state index < -0.39 is 29.5 Å². The van der Waals surface area contributed by atoms with E-state index in [-0.39, 0.29) is 11.1 Å². The van der Waals surface area contributed by atoms with E-state index in [2.05, 4.69) is 9.72 Å². The van der Waals surface area contributed by atoms with Crippen molar-refractivity contribution in [2.75, 3.05) is 0 Å². The quantitative estimate of drug-likeness (QED) is 0.472. The average Bonchev–Trinajstić information content (AvgIpc) is 2.14. The van der Waals surface area contributed by atoms with Gasteiger partial charge in [0, 0.05) is 17.3 Å². The molecule has 1 aromatic heterocycles. The average molecular weight is 254 g/mol. The van der Waals surface area contributed by atoms with Crippen LogP contribution in [-0.2, 0) is 6.67 Å². The van der Waals surface area contributed by atoms with Crippen molar-refractivity contribution in [3.8, 4) is 5.88 Å². The summed E-state index contributed by atoms with van der Waals surface area (Å²) < 4.78 is 51.6. The molecule has 1 rings (SSSR count). The van der Waals surface area contributed by atoms with Crippen LogP contribution in [0.25, 0.3) is 0 Å². The summed E-state index contributed by atoms with van der Waals surface area (Å²) in [6.45, 7) is 0.0595. The van der Waals surface area contributed by atoms with Crippen molar-refractivity contribution < 1.29 is 27.2 Å². The van der Waals surface area contributed by atoms with Gasteiger partial charge in [-0.2, -0.15) is 0 Å². The molecule has 0 saturated heterocycles. The van der Waals surface area contributed by atoms with Gasteiger partial charge in [-0.05, 0) is 6.92 Å². The van der Waals surface area contributed by atoms with E-state index >= 15 is 0 Å². The Bertz CT molecular complexity index is 447. The van der Waals surface area contributed by atoms with Crippen molar-refractivity contribution in [2.45, 2.75) is 20.0 Å². The van der Waals surface area contributed by atoms with Gasteiger partial charge in [-0.25, -0.2) is 9.37 Å². The van der Waals surface area contributed by atoms with Crippen LogP contribution in [0.5, 0.6) is 5.88 Å². The molecule has 0 aliphatic heterocycles. The largest absolute Gasteiger partial charge is 0.574 e. The first kappa shape index (κ1) is 13.1. The third-order valence-electron chi connectivity index (χ3n) is 1.92. The Kier molecular flexibility index (Phi) is 3.49. The molecule has 0 amide bonds. The molecule has 0 aliphatic rings. The highest BCUT2D eigenvalue weighted by Crippen LogP contribution is 2.34. The summed E-state index contributed by atoms with van der Waals surface area (Å²) in [5, 5.41) is 10.6. The van der Waals surface area contributed by atoms with Crippen LogP contribution in [-0.4, -0.2) is 16.3 Å². The Balaban J connectivity index is 3.32. The molecule has 9 heteroatoms. The van der Waals surface area contributed by atoms with Crippen LogP contribution in [0.15, 0.2) is 6.20 Å². The van der Waals surface area contributed by atoms with Crippen molar-refractivity contribution >= 4 is 5.69 Å². The summed E-state index contributed by atoms with van der Waals surface area (Å²) in [4.78, 5) is 12.6. The molecule has 0 saturated carbocycles. The van der Waals surface area contributed by atoms with Crippen LogP contribution in [0.3, 0.4) is 0 Å². The second-order valence-electron chi connectivity index (χ2n) is 3.00. The van der Waals surface area contributed by atoms with Gasteiger partial charge >= 0.3 is 17.9 Å². The monoisotopic (exact) mass is 254 g/mol. The predicted molar refractivity (Wildman–Crippen MR) is 47.1 cm³/mol. The summed E-state index contributed by atoms with van der Waals surface area (Å²) in [5.74, 6) is -1.20. The smallest absolute Gasteiger partial charge is 0.381 e. The van der Waals surface area contributed by atoms with Crippen molar-refractivity contribution in [2.24, 2.45) is 0 Å². The van der Waals surface area contributed by atoms with Crippen molar-refractivity contribution in [3.63, 3.8) is 0 Å². The van der Waals surface area contributed by atoms with Gasteiger partial charge in [-0.3, -0.25) is 10.1 Å². The molecule has 94 valence electrons. The van der Waals surface area contributed by atoms with Crippen LogP contribution in [0.1, 0.15) is 11.1 Å². The second-order valence-corrected chi connectivity index (χ2v) is 3.00. The van der Waals surface area contributed by atoms with Gasteiger partial charge in [0.1, 0.15) is 6.67 Å². The molecule has 0 unspecified atom stereocenters. The van der Waals surface area contributed by atoms with Gasteiger partial charge in [0.15, 0.2) is 0 Å². The number of aromatic nitrogens is 1. The second kappa shape index (κ2) is 4.52. The summed E-state index contributed by atoms with van der Waals surface area (Å²) in [6.07, 6.45) is -4.33. The van der Waals surface area contributed by atoms with Gasteiger partial charge < -0.3 is 4.74 Å². The van der Waals surface area contributed by atoms with Crippen LogP contribution >= 0.6 is 0 Å². The minimum absolute atomic E-state index is 0.161. The molecule has 0 spiro atoms. The lowest BCUT2D eigenvalue weighted by atomic mass is 10.1. The van der Waals surface area contributed by atoms with Crippen LogP contribution in [0.2, 0.25) is 0 Å². The molecule has 5 nitrogen and oxygen atoms in total. The molecule has 1 heterocycles. The number of nitrogens with zero attached hydrogens (tertiary/aromatic N) is 2. The molecule has 1 aromatic rings. The number of pyridine rings is 1. The highest BCUT2D eigenvalue weighted by molar-refractivity contribution is 5.51. The summed E-state index contributed by atoms with van der Waals surface area (Å²) in [7, 11) is 0. The molecular formula is C8H6F4N2O3. The molecule has 17 heavy (non-hydrogen) atoms. The number of alkyl halides is 4. The number of hydrogen-bond acceptors (Lipinski definition) is 4. The Labute approximate surface area is 92.2 Å². The van der Waals surface area contributed by atoms with Gasteiger partial charge in [-0.1, -0.05) is 0 Å². The number of rotatable bonds is 3. The van der Waals surface area contributed by atoms with E-state index in [0.717, 1.165) is 13.1 Å². The lowest BCUT2D eigenvalue weighted by Gasteiger charge is -2.10. The maximum Gasteiger partial charge on any atom is 0.574 e. The minimum Gasteiger partial charge on any atom is -0.381 e. The SMILES string of the molecule is Cc1c(CF)cnc(OC(F)(F)F)c1[N+](=O)[O-]. The summed E-state index contributed by atoms with van der Waals surface area (Å²) >= 11 is 0. The molecular weight excluding hydrogens is 248 g/mol. The maximum absolute atomic E-state index is 12.4. The lowest BCUT2D eigenvalue weighted by molar-refractivity contribution is -0.389. The Morgan fingerprint density at radius 2 is 2.12 bits per heavy atom. The fourth-order valence-electron chi connectivity index (χ4n) is 1.14. The minimum atomic E-state index is -5.10. The molecule has 0 atom stereocenters. The van der Waals surface area contributed by atoms with E-state index in [1.165, 1.54) is 0 Å². The number of ether oxygens (including phenoxy) is 1. The molecule has 0 N–H and O–H groups in total. The lowest BCUT2D eigenvalue weighted by Crippen LogP contribution is -2.19. The van der Waals surface area contributed by atoms with E-state index in [4.69, 9.17) is 0 Å². The van der Waals surface area contributed by atoms with Gasteiger partial charge in [0.05, 0.1) is 4.92 Å². The Morgan fingerprint density at radius 1 is 1.53 bits per heavy atom. The topological polar surface area (TPSA) is 65.3 Å². The normalized spacial score (nSPS) is 11.4. The van der Waals surface area contributed by atoms with Crippen molar-refractivity contribution in [1.82, 2.24) is 4.98 Å². The molecule has 0 aromatic carbocycles. The third kappa shape index (κ3) is 3.02. The highest BCUT2D eigenvalue weighted by atomic mass is 19.4. The van der Waals surface area contributed by atoms with Crippen LogP contribution in [0.4, 0.5) is 23.2 Å². The van der Waals surface area contributed by atoms with E-state index in [1.54, 1.807) is 0 Å². The predicted octanol–water partition coefficient (Wildman–Crippen LogP) is 2.67. The van der Waals surface area contributed by atoms with E-state index in [0.29, 0.717) is 0 Å². The Morgan fingerprint density at radius 3 is 2.53 bits per heavy atom. The number of halogens is 4. The molecule has 0 bridgehead atoms. The third-order valence-corrected chi connectivity index (χ3v) is 1.92. The zero-order valence-electron chi connectivity index (χ0n) is 8.42. The first-order chi connectivity index (χ1) is 7.76. The highest BCUT2D eigenvalue weighted by Gasteiger charge is 2.36. The van der Waals surface area contributed by atoms with Gasteiger partial charge in [0.25, 0.3) is 0 Å². The fourth-order valence-corrected chi connectivity index (χ4v) is 1.14. The molecule has 0 radical (unpaired) electrons. The number of hydrogen-bond donors (Lipinski definition) is 0. The van der Waals surface area contributed by atoms with E-state index in [1.807, 2.05) is 0 Å². The van der Waals surface area contributed by atoms with Gasteiger partial charge in [-0.15, -0.1) is 13.2 Å². The zero-order valence-corrected chi connectivity index (χ0v) is 8.42. The van der Waals surface area contributed by atoms with Crippen LogP contribution < -0.4 is 4.74 Å². The first-order valence-corrected chi connectivity index (χ1v) is 4.21. The van der Waals surface area contributed by atoms with Crippen LogP contribution in [0, 0.1) is 17.0 Å². The standard InChI is InChI=1S/C8H6F4N2O3/c1-4-5(2-9)3-13-7(6(4)14(15)16)17-8(10,11)12/h3H,2H2,1H3.